The molecule has 0 atom stereocenters. The van der Waals surface area contributed by atoms with Gasteiger partial charge in [0.1, 0.15) is 5.75 Å². The number of aryl methyl sites for hydroxylation is 1. The quantitative estimate of drug-likeness (QED) is 0.712. The number of rotatable bonds is 3. The monoisotopic (exact) mass is 238 g/mol. The highest BCUT2D eigenvalue weighted by molar-refractivity contribution is 5.80. The summed E-state index contributed by atoms with van der Waals surface area (Å²) in [5.41, 5.74) is 5.00. The van der Waals surface area contributed by atoms with Gasteiger partial charge in [0.2, 0.25) is 0 Å². The Bertz CT molecular complexity index is 533. The molecule has 0 heterocycles. The summed E-state index contributed by atoms with van der Waals surface area (Å²) in [5, 5.41) is 0. The third kappa shape index (κ3) is 3.01. The van der Waals surface area contributed by atoms with Crippen molar-refractivity contribution in [3.63, 3.8) is 0 Å². The molecule has 1 nitrogen and oxygen atoms in total. The van der Waals surface area contributed by atoms with Crippen molar-refractivity contribution in [3.8, 4) is 5.75 Å². The van der Waals surface area contributed by atoms with Gasteiger partial charge >= 0.3 is 0 Å². The van der Waals surface area contributed by atoms with Gasteiger partial charge in [0, 0.05) is 0 Å². The molecule has 0 unspecified atom stereocenters. The number of allylic oxidation sites excluding steroid dienone is 1. The van der Waals surface area contributed by atoms with Gasteiger partial charge in [-0.05, 0) is 42.7 Å². The van der Waals surface area contributed by atoms with E-state index in [1.54, 1.807) is 7.11 Å². The zero-order valence-corrected chi connectivity index (χ0v) is 11.1. The number of methoxy groups -OCH3 is 1. The van der Waals surface area contributed by atoms with E-state index in [0.29, 0.717) is 0 Å². The molecular weight excluding hydrogens is 220 g/mol. The molecule has 0 N–H and O–H groups in total. The van der Waals surface area contributed by atoms with Gasteiger partial charge in [0.15, 0.2) is 0 Å². The Morgan fingerprint density at radius 3 is 2.11 bits per heavy atom. The van der Waals surface area contributed by atoms with Crippen LogP contribution in [-0.4, -0.2) is 7.11 Å². The molecule has 0 aliphatic rings. The number of ether oxygens (including phenoxy) is 1. The molecule has 0 saturated carbocycles. The second-order valence-corrected chi connectivity index (χ2v) is 4.47. The molecule has 0 aliphatic carbocycles. The lowest BCUT2D eigenvalue weighted by Crippen LogP contribution is -1.83. The lowest BCUT2D eigenvalue weighted by atomic mass is 10.0. The van der Waals surface area contributed by atoms with Crippen LogP contribution in [0.5, 0.6) is 5.75 Å². The SMILES string of the molecule is COc1ccc(/C=C(/C)c2ccc(C)cc2)cc1. The summed E-state index contributed by atoms with van der Waals surface area (Å²) in [5.74, 6) is 0.889. The Labute approximate surface area is 109 Å². The van der Waals surface area contributed by atoms with Crippen LogP contribution in [0.2, 0.25) is 0 Å². The normalized spacial score (nSPS) is 11.4. The minimum Gasteiger partial charge on any atom is -0.497 e. The van der Waals surface area contributed by atoms with E-state index in [1.807, 2.05) is 12.1 Å². The first-order valence-electron chi connectivity index (χ1n) is 6.08. The molecule has 18 heavy (non-hydrogen) atoms. The van der Waals surface area contributed by atoms with Crippen molar-refractivity contribution in [2.24, 2.45) is 0 Å². The predicted octanol–water partition coefficient (Wildman–Crippen LogP) is 4.56. The van der Waals surface area contributed by atoms with E-state index in [1.165, 1.54) is 22.3 Å². The molecule has 0 saturated heterocycles. The van der Waals surface area contributed by atoms with Crippen molar-refractivity contribution >= 4 is 11.6 Å². The largest absolute Gasteiger partial charge is 0.497 e. The molecule has 0 fully saturated rings. The summed E-state index contributed by atoms with van der Waals surface area (Å²) >= 11 is 0. The molecule has 92 valence electrons. The summed E-state index contributed by atoms with van der Waals surface area (Å²) in [4.78, 5) is 0. The lowest BCUT2D eigenvalue weighted by molar-refractivity contribution is 0.415. The van der Waals surface area contributed by atoms with Gasteiger partial charge in [-0.3, -0.25) is 0 Å². The maximum absolute atomic E-state index is 5.15. The Hall–Kier alpha value is -2.02. The van der Waals surface area contributed by atoms with E-state index < -0.39 is 0 Å². The first-order valence-corrected chi connectivity index (χ1v) is 6.08. The molecule has 1 heteroatoms. The van der Waals surface area contributed by atoms with E-state index in [9.17, 15) is 0 Å². The van der Waals surface area contributed by atoms with E-state index in [4.69, 9.17) is 4.74 Å². The minimum absolute atomic E-state index is 0.889. The Morgan fingerprint density at radius 2 is 1.56 bits per heavy atom. The van der Waals surface area contributed by atoms with Crippen LogP contribution in [0.25, 0.3) is 11.6 Å². The molecule has 2 aromatic rings. The van der Waals surface area contributed by atoms with Crippen LogP contribution in [-0.2, 0) is 0 Å². The van der Waals surface area contributed by atoms with Gasteiger partial charge in [-0.2, -0.15) is 0 Å². The van der Waals surface area contributed by atoms with Gasteiger partial charge in [-0.1, -0.05) is 48.0 Å². The van der Waals surface area contributed by atoms with Crippen LogP contribution in [0.3, 0.4) is 0 Å². The van der Waals surface area contributed by atoms with E-state index in [2.05, 4.69) is 56.3 Å². The molecule has 2 rings (SSSR count). The maximum Gasteiger partial charge on any atom is 0.118 e. The number of hydrogen-bond donors (Lipinski definition) is 0. The van der Waals surface area contributed by atoms with Gasteiger partial charge in [-0.25, -0.2) is 0 Å². The fraction of sp³-hybridized carbons (Fsp3) is 0.176. The third-order valence-corrected chi connectivity index (χ3v) is 3.01. The molecule has 0 amide bonds. The number of benzene rings is 2. The van der Waals surface area contributed by atoms with Crippen LogP contribution < -0.4 is 4.74 Å². The lowest BCUT2D eigenvalue weighted by Gasteiger charge is -2.04. The van der Waals surface area contributed by atoms with Gasteiger partial charge in [0.25, 0.3) is 0 Å². The van der Waals surface area contributed by atoms with Gasteiger partial charge < -0.3 is 4.74 Å². The van der Waals surface area contributed by atoms with Crippen LogP contribution in [0, 0.1) is 6.92 Å². The predicted molar refractivity (Wildman–Crippen MR) is 77.7 cm³/mol. The molecule has 0 aliphatic heterocycles. The average Bonchev–Trinajstić information content (AvgIpc) is 2.40. The highest BCUT2D eigenvalue weighted by atomic mass is 16.5. The smallest absolute Gasteiger partial charge is 0.118 e. The van der Waals surface area contributed by atoms with E-state index in [-0.39, 0.29) is 0 Å². The molecule has 0 radical (unpaired) electrons. The van der Waals surface area contributed by atoms with Gasteiger partial charge in [-0.15, -0.1) is 0 Å². The Morgan fingerprint density at radius 1 is 0.944 bits per heavy atom. The molecule has 0 spiro atoms. The Kier molecular flexibility index (Phi) is 3.83. The minimum atomic E-state index is 0.889. The zero-order chi connectivity index (χ0) is 13.0. The molecule has 0 bridgehead atoms. The third-order valence-electron chi connectivity index (χ3n) is 3.01. The molecule has 0 aromatic heterocycles. The fourth-order valence-electron chi connectivity index (χ4n) is 1.85. The second kappa shape index (κ2) is 5.54. The summed E-state index contributed by atoms with van der Waals surface area (Å²) in [7, 11) is 1.68. The topological polar surface area (TPSA) is 9.23 Å². The first-order chi connectivity index (χ1) is 8.69. The van der Waals surface area contributed by atoms with Crippen molar-refractivity contribution in [3.05, 3.63) is 65.2 Å². The van der Waals surface area contributed by atoms with Crippen molar-refractivity contribution < 1.29 is 4.74 Å². The number of hydrogen-bond acceptors (Lipinski definition) is 1. The molecule has 2 aromatic carbocycles. The highest BCUT2D eigenvalue weighted by Crippen LogP contribution is 2.19. The van der Waals surface area contributed by atoms with Crippen LogP contribution in [0.1, 0.15) is 23.6 Å². The van der Waals surface area contributed by atoms with E-state index >= 15 is 0 Å². The van der Waals surface area contributed by atoms with Crippen molar-refractivity contribution in [2.75, 3.05) is 7.11 Å². The average molecular weight is 238 g/mol. The standard InChI is InChI=1S/C17H18O/c1-13-4-8-16(9-5-13)14(2)12-15-6-10-17(18-3)11-7-15/h4-12H,1-3H3/b14-12-. The van der Waals surface area contributed by atoms with Crippen LogP contribution >= 0.6 is 0 Å². The first kappa shape index (κ1) is 12.4. The summed E-state index contributed by atoms with van der Waals surface area (Å²) in [6, 6.07) is 16.7. The highest BCUT2D eigenvalue weighted by Gasteiger charge is 1.96. The van der Waals surface area contributed by atoms with Crippen LogP contribution in [0.15, 0.2) is 48.5 Å². The van der Waals surface area contributed by atoms with Crippen molar-refractivity contribution in [1.82, 2.24) is 0 Å². The maximum atomic E-state index is 5.15. The molecular formula is C17H18O. The van der Waals surface area contributed by atoms with Crippen molar-refractivity contribution in [1.29, 1.82) is 0 Å². The summed E-state index contributed by atoms with van der Waals surface area (Å²) < 4.78 is 5.15. The zero-order valence-electron chi connectivity index (χ0n) is 11.1. The summed E-state index contributed by atoms with van der Waals surface area (Å²) in [6.45, 7) is 4.24. The second-order valence-electron chi connectivity index (χ2n) is 4.47. The van der Waals surface area contributed by atoms with Crippen molar-refractivity contribution in [2.45, 2.75) is 13.8 Å². The summed E-state index contributed by atoms with van der Waals surface area (Å²) in [6.07, 6.45) is 2.18. The van der Waals surface area contributed by atoms with Gasteiger partial charge in [0.05, 0.1) is 7.11 Å². The fourth-order valence-corrected chi connectivity index (χ4v) is 1.85. The van der Waals surface area contributed by atoms with E-state index in [0.717, 1.165) is 5.75 Å². The Balaban J connectivity index is 2.23. The van der Waals surface area contributed by atoms with Crippen LogP contribution in [0.4, 0.5) is 0 Å².